The molecule has 0 unspecified atom stereocenters. The first-order valence-electron chi connectivity index (χ1n) is 4.48. The minimum atomic E-state index is -0.752. The fourth-order valence-electron chi connectivity index (χ4n) is 1.37. The molecule has 0 fully saturated rings. The van der Waals surface area contributed by atoms with E-state index < -0.39 is 5.97 Å². The number of halogens is 1. The molecular formula is C11H13BrO2. The molecule has 0 amide bonds. The molecule has 1 N–H and O–H groups in total. The fourth-order valence-corrected chi connectivity index (χ4v) is 2.02. The Morgan fingerprint density at radius 2 is 1.93 bits per heavy atom. The summed E-state index contributed by atoms with van der Waals surface area (Å²) in [6.45, 7) is 4.01. The number of carbonyl (C=O) groups is 1. The number of benzene rings is 1. The highest BCUT2D eigenvalue weighted by molar-refractivity contribution is 9.10. The second kappa shape index (κ2) is 4.60. The summed E-state index contributed by atoms with van der Waals surface area (Å²) >= 11 is 3.49. The summed E-state index contributed by atoms with van der Waals surface area (Å²) in [5, 5.41) is 8.61. The van der Waals surface area contributed by atoms with Crippen LogP contribution in [-0.2, 0) is 11.2 Å². The van der Waals surface area contributed by atoms with Crippen molar-refractivity contribution in [2.24, 2.45) is 0 Å². The Morgan fingerprint density at radius 1 is 1.36 bits per heavy atom. The molecule has 1 aromatic rings. The van der Waals surface area contributed by atoms with Gasteiger partial charge in [-0.15, -0.1) is 0 Å². The van der Waals surface area contributed by atoms with Crippen LogP contribution in [0.2, 0.25) is 0 Å². The van der Waals surface area contributed by atoms with Gasteiger partial charge < -0.3 is 5.11 Å². The molecule has 0 bridgehead atoms. The van der Waals surface area contributed by atoms with Gasteiger partial charge in [-0.25, -0.2) is 0 Å². The van der Waals surface area contributed by atoms with Crippen molar-refractivity contribution in [1.82, 2.24) is 0 Å². The maximum absolute atomic E-state index is 10.5. The van der Waals surface area contributed by atoms with Crippen molar-refractivity contribution in [3.63, 3.8) is 0 Å². The highest BCUT2D eigenvalue weighted by Gasteiger charge is 2.08. The maximum atomic E-state index is 10.5. The number of carboxylic acids is 1. The molecule has 0 radical (unpaired) electrons. The van der Waals surface area contributed by atoms with E-state index in [1.807, 2.05) is 26.0 Å². The number of carboxylic acid groups (broad SMARTS) is 1. The van der Waals surface area contributed by atoms with Crippen LogP contribution in [-0.4, -0.2) is 11.1 Å². The molecule has 1 aromatic carbocycles. The van der Waals surface area contributed by atoms with E-state index >= 15 is 0 Å². The van der Waals surface area contributed by atoms with Gasteiger partial charge in [0.25, 0.3) is 0 Å². The number of aliphatic carboxylic acids is 1. The van der Waals surface area contributed by atoms with Crippen LogP contribution in [0.5, 0.6) is 0 Å². The van der Waals surface area contributed by atoms with Gasteiger partial charge in [-0.1, -0.05) is 28.1 Å². The van der Waals surface area contributed by atoms with E-state index in [1.54, 1.807) is 0 Å². The molecule has 0 saturated carbocycles. The molecule has 76 valence electrons. The van der Waals surface area contributed by atoms with Crippen molar-refractivity contribution in [2.75, 3.05) is 0 Å². The molecule has 14 heavy (non-hydrogen) atoms. The van der Waals surface area contributed by atoms with Crippen molar-refractivity contribution in [1.29, 1.82) is 0 Å². The average Bonchev–Trinajstić information content (AvgIpc) is 2.11. The maximum Gasteiger partial charge on any atom is 0.303 e. The summed E-state index contributed by atoms with van der Waals surface area (Å²) < 4.78 is 1.04. The molecule has 0 saturated heterocycles. The van der Waals surface area contributed by atoms with Gasteiger partial charge in [0.1, 0.15) is 0 Å². The van der Waals surface area contributed by atoms with Gasteiger partial charge in [0.15, 0.2) is 0 Å². The van der Waals surface area contributed by atoms with Crippen LogP contribution in [0.4, 0.5) is 0 Å². The van der Waals surface area contributed by atoms with Crippen molar-refractivity contribution >= 4 is 21.9 Å². The van der Waals surface area contributed by atoms with E-state index in [0.29, 0.717) is 6.42 Å². The zero-order valence-electron chi connectivity index (χ0n) is 8.30. The highest BCUT2D eigenvalue weighted by atomic mass is 79.9. The van der Waals surface area contributed by atoms with E-state index in [2.05, 4.69) is 15.9 Å². The SMILES string of the molecule is Cc1ccc(C)c(CCC(=O)O)c1Br. The molecule has 1 rings (SSSR count). The van der Waals surface area contributed by atoms with Crippen molar-refractivity contribution < 1.29 is 9.90 Å². The monoisotopic (exact) mass is 256 g/mol. The molecule has 0 aliphatic carbocycles. The number of hydrogen-bond donors (Lipinski definition) is 1. The van der Waals surface area contributed by atoms with Gasteiger partial charge in [-0.3, -0.25) is 4.79 Å². The first kappa shape index (κ1) is 11.2. The van der Waals surface area contributed by atoms with Gasteiger partial charge in [-0.2, -0.15) is 0 Å². The second-order valence-corrected chi connectivity index (χ2v) is 4.18. The van der Waals surface area contributed by atoms with E-state index in [4.69, 9.17) is 5.11 Å². The topological polar surface area (TPSA) is 37.3 Å². The van der Waals surface area contributed by atoms with Crippen LogP contribution >= 0.6 is 15.9 Å². The van der Waals surface area contributed by atoms with Crippen LogP contribution < -0.4 is 0 Å². The van der Waals surface area contributed by atoms with Crippen LogP contribution in [0.1, 0.15) is 23.1 Å². The second-order valence-electron chi connectivity index (χ2n) is 3.39. The van der Waals surface area contributed by atoms with Crippen molar-refractivity contribution in [2.45, 2.75) is 26.7 Å². The fraction of sp³-hybridized carbons (Fsp3) is 0.364. The number of hydrogen-bond acceptors (Lipinski definition) is 1. The molecule has 0 aliphatic rings. The zero-order chi connectivity index (χ0) is 10.7. The molecule has 0 heterocycles. The largest absolute Gasteiger partial charge is 0.481 e. The van der Waals surface area contributed by atoms with E-state index in [1.165, 1.54) is 0 Å². The Bertz CT molecular complexity index is 359. The summed E-state index contributed by atoms with van der Waals surface area (Å²) in [7, 11) is 0. The molecular weight excluding hydrogens is 244 g/mol. The van der Waals surface area contributed by atoms with Crippen LogP contribution in [0, 0.1) is 13.8 Å². The summed E-state index contributed by atoms with van der Waals surface area (Å²) in [4.78, 5) is 10.5. The predicted molar refractivity (Wildman–Crippen MR) is 59.6 cm³/mol. The quantitative estimate of drug-likeness (QED) is 0.903. The Labute approximate surface area is 92.1 Å². The predicted octanol–water partition coefficient (Wildman–Crippen LogP) is 3.08. The Balaban J connectivity index is 2.95. The molecule has 0 aromatic heterocycles. The Morgan fingerprint density at radius 3 is 2.50 bits per heavy atom. The third-order valence-electron chi connectivity index (χ3n) is 2.26. The third-order valence-corrected chi connectivity index (χ3v) is 3.36. The van der Waals surface area contributed by atoms with Gasteiger partial charge in [0.05, 0.1) is 0 Å². The average molecular weight is 257 g/mol. The van der Waals surface area contributed by atoms with Crippen LogP contribution in [0.3, 0.4) is 0 Å². The number of aryl methyl sites for hydroxylation is 2. The molecule has 3 heteroatoms. The Kier molecular flexibility index (Phi) is 3.69. The summed E-state index contributed by atoms with van der Waals surface area (Å²) in [5.41, 5.74) is 3.40. The van der Waals surface area contributed by atoms with Crippen LogP contribution in [0.25, 0.3) is 0 Å². The summed E-state index contributed by atoms with van der Waals surface area (Å²) in [6.07, 6.45) is 0.770. The lowest BCUT2D eigenvalue weighted by Crippen LogP contribution is -2.00. The summed E-state index contributed by atoms with van der Waals surface area (Å²) in [5.74, 6) is -0.752. The van der Waals surface area contributed by atoms with Crippen molar-refractivity contribution in [3.05, 3.63) is 33.3 Å². The first-order valence-corrected chi connectivity index (χ1v) is 5.28. The van der Waals surface area contributed by atoms with Gasteiger partial charge in [-0.05, 0) is 37.0 Å². The smallest absolute Gasteiger partial charge is 0.303 e. The standard InChI is InChI=1S/C11H13BrO2/c1-7-3-4-8(2)11(12)9(7)5-6-10(13)14/h3-4H,5-6H2,1-2H3,(H,13,14). The zero-order valence-corrected chi connectivity index (χ0v) is 9.89. The lowest BCUT2D eigenvalue weighted by atomic mass is 10.0. The first-order chi connectivity index (χ1) is 6.52. The van der Waals surface area contributed by atoms with Crippen molar-refractivity contribution in [3.8, 4) is 0 Å². The lowest BCUT2D eigenvalue weighted by Gasteiger charge is -2.09. The minimum Gasteiger partial charge on any atom is -0.481 e. The van der Waals surface area contributed by atoms with Crippen LogP contribution in [0.15, 0.2) is 16.6 Å². The lowest BCUT2D eigenvalue weighted by molar-refractivity contribution is -0.136. The Hall–Kier alpha value is -0.830. The summed E-state index contributed by atoms with van der Waals surface area (Å²) in [6, 6.07) is 4.06. The van der Waals surface area contributed by atoms with E-state index in [9.17, 15) is 4.79 Å². The molecule has 0 atom stereocenters. The highest BCUT2D eigenvalue weighted by Crippen LogP contribution is 2.25. The van der Waals surface area contributed by atoms with E-state index in [0.717, 1.165) is 21.2 Å². The van der Waals surface area contributed by atoms with Gasteiger partial charge >= 0.3 is 5.97 Å². The molecule has 2 nitrogen and oxygen atoms in total. The number of rotatable bonds is 3. The normalized spacial score (nSPS) is 10.2. The van der Waals surface area contributed by atoms with Gasteiger partial charge in [0.2, 0.25) is 0 Å². The third kappa shape index (κ3) is 2.58. The van der Waals surface area contributed by atoms with Gasteiger partial charge in [0, 0.05) is 10.9 Å². The molecule has 0 spiro atoms. The minimum absolute atomic E-state index is 0.183. The van der Waals surface area contributed by atoms with E-state index in [-0.39, 0.29) is 6.42 Å². The molecule has 0 aliphatic heterocycles.